The molecular weight excluding hydrogens is 296 g/mol. The summed E-state index contributed by atoms with van der Waals surface area (Å²) in [6, 6.07) is 9.99. The molecule has 0 radical (unpaired) electrons. The van der Waals surface area contributed by atoms with Crippen LogP contribution >= 0.6 is 11.3 Å². The fraction of sp³-hybridized carbons (Fsp3) is 0.312. The number of rotatable bonds is 3. The zero-order chi connectivity index (χ0) is 15.2. The van der Waals surface area contributed by atoms with Gasteiger partial charge < -0.3 is 10.2 Å². The summed E-state index contributed by atoms with van der Waals surface area (Å²) in [6.07, 6.45) is 4.80. The molecule has 1 aromatic heterocycles. The van der Waals surface area contributed by atoms with Crippen LogP contribution in [-0.4, -0.2) is 28.9 Å². The van der Waals surface area contributed by atoms with Gasteiger partial charge in [-0.3, -0.25) is 4.79 Å². The van der Waals surface area contributed by atoms with Crippen molar-refractivity contribution in [1.82, 2.24) is 9.88 Å². The fourth-order valence-corrected chi connectivity index (χ4v) is 4.02. The van der Waals surface area contributed by atoms with E-state index in [4.69, 9.17) is 5.26 Å². The first-order valence-corrected chi connectivity index (χ1v) is 8.00. The number of piperidine rings is 1. The van der Waals surface area contributed by atoms with Crippen molar-refractivity contribution in [3.05, 3.63) is 36.5 Å². The van der Waals surface area contributed by atoms with Crippen molar-refractivity contribution in [3.8, 4) is 16.6 Å². The van der Waals surface area contributed by atoms with Crippen LogP contribution in [0.15, 0.2) is 36.5 Å². The molecule has 1 aromatic carbocycles. The highest BCUT2D eigenvalue weighted by molar-refractivity contribution is 7.19. The van der Waals surface area contributed by atoms with Gasteiger partial charge in [0.25, 0.3) is 0 Å². The molecule has 110 valence electrons. The maximum Gasteiger partial charge on any atom is 0.234 e. The molecule has 1 aliphatic carbocycles. The van der Waals surface area contributed by atoms with Gasteiger partial charge in [0.1, 0.15) is 0 Å². The van der Waals surface area contributed by atoms with Crippen LogP contribution in [0.1, 0.15) is 6.42 Å². The fourth-order valence-electron chi connectivity index (χ4n) is 3.20. The Morgan fingerprint density at radius 3 is 3.00 bits per heavy atom. The van der Waals surface area contributed by atoms with Crippen molar-refractivity contribution >= 4 is 22.4 Å². The quantitative estimate of drug-likeness (QED) is 0.885. The smallest absolute Gasteiger partial charge is 0.234 e. The molecule has 0 spiro atoms. The normalized spacial score (nSPS) is 25.4. The molecule has 2 heterocycles. The van der Waals surface area contributed by atoms with Gasteiger partial charge in [0, 0.05) is 19.3 Å². The summed E-state index contributed by atoms with van der Waals surface area (Å²) >= 11 is 1.48. The molecule has 1 amide bonds. The number of anilines is 1. The molecule has 1 saturated carbocycles. The minimum Gasteiger partial charge on any atom is -0.309 e. The Morgan fingerprint density at radius 1 is 1.45 bits per heavy atom. The Bertz CT molecular complexity index is 766. The highest BCUT2D eigenvalue weighted by Crippen LogP contribution is 2.58. The van der Waals surface area contributed by atoms with Crippen LogP contribution < -0.4 is 5.32 Å². The number of nitriles is 1. The Hall–Kier alpha value is -2.39. The predicted molar refractivity (Wildman–Crippen MR) is 83.9 cm³/mol. The predicted octanol–water partition coefficient (Wildman–Crippen LogP) is 2.55. The average Bonchev–Trinajstić information content (AvgIpc) is 2.91. The van der Waals surface area contributed by atoms with E-state index < -0.39 is 0 Å². The van der Waals surface area contributed by atoms with Crippen LogP contribution in [0.5, 0.6) is 0 Å². The number of fused-ring (bicyclic) bond motifs is 1. The molecule has 6 heteroatoms. The van der Waals surface area contributed by atoms with Crippen molar-refractivity contribution in [2.75, 3.05) is 18.4 Å². The van der Waals surface area contributed by atoms with E-state index in [1.807, 2.05) is 30.3 Å². The maximum atomic E-state index is 12.5. The molecule has 5 nitrogen and oxygen atoms in total. The van der Waals surface area contributed by atoms with E-state index in [9.17, 15) is 4.79 Å². The molecule has 2 aliphatic rings. The number of carbonyl (C=O) groups is 1. The second-order valence-corrected chi connectivity index (χ2v) is 6.92. The number of nitrogens with one attached hydrogen (secondary N) is 1. The van der Waals surface area contributed by atoms with Gasteiger partial charge in [-0.25, -0.2) is 4.98 Å². The summed E-state index contributed by atoms with van der Waals surface area (Å²) in [5.74, 6) is 0.324. The van der Waals surface area contributed by atoms with Gasteiger partial charge >= 0.3 is 0 Å². The number of amides is 1. The summed E-state index contributed by atoms with van der Waals surface area (Å²) in [4.78, 5) is 19.5. The Kier molecular flexibility index (Phi) is 2.91. The summed E-state index contributed by atoms with van der Waals surface area (Å²) < 4.78 is 0. The number of nitrogens with zero attached hydrogens (tertiary/aromatic N) is 3. The van der Waals surface area contributed by atoms with E-state index in [2.05, 4.69) is 16.5 Å². The lowest BCUT2D eigenvalue weighted by atomic mass is 10.1. The standard InChI is InChI=1S/C16H14N4OS/c17-10-20-8-12-6-16(12,9-20)14(21)19-15-18-7-13(22-15)11-4-2-1-3-5-11/h1-5,7,12H,6,8-9H2,(H,18,19,21). The van der Waals surface area contributed by atoms with Crippen molar-refractivity contribution in [3.63, 3.8) is 0 Å². The van der Waals surface area contributed by atoms with Gasteiger partial charge in [0.15, 0.2) is 11.3 Å². The van der Waals surface area contributed by atoms with E-state index in [1.54, 1.807) is 11.1 Å². The number of benzene rings is 1. The third-order valence-electron chi connectivity index (χ3n) is 4.52. The van der Waals surface area contributed by atoms with E-state index in [0.29, 0.717) is 24.1 Å². The topological polar surface area (TPSA) is 69.0 Å². The number of aromatic nitrogens is 1. The largest absolute Gasteiger partial charge is 0.309 e. The Balaban J connectivity index is 1.48. The molecule has 4 rings (SSSR count). The number of likely N-dealkylation sites (tertiary alicyclic amines) is 1. The first-order valence-electron chi connectivity index (χ1n) is 7.19. The lowest BCUT2D eigenvalue weighted by molar-refractivity contribution is -0.121. The maximum absolute atomic E-state index is 12.5. The molecule has 1 aliphatic heterocycles. The van der Waals surface area contributed by atoms with Gasteiger partial charge in [-0.2, -0.15) is 5.26 Å². The van der Waals surface area contributed by atoms with Gasteiger partial charge in [-0.15, -0.1) is 0 Å². The number of thiazole rings is 1. The van der Waals surface area contributed by atoms with Gasteiger partial charge in [0.2, 0.25) is 5.91 Å². The SMILES string of the molecule is N#CN1CC2CC2(C(=O)Nc2ncc(-c3ccccc3)s2)C1. The molecular formula is C16H14N4OS. The van der Waals surface area contributed by atoms with E-state index >= 15 is 0 Å². The Morgan fingerprint density at radius 2 is 2.27 bits per heavy atom. The second-order valence-electron chi connectivity index (χ2n) is 5.89. The highest BCUT2D eigenvalue weighted by atomic mass is 32.1. The van der Waals surface area contributed by atoms with Gasteiger partial charge in [-0.05, 0) is 17.9 Å². The van der Waals surface area contributed by atoms with Crippen LogP contribution in [0.25, 0.3) is 10.4 Å². The third kappa shape index (κ3) is 2.06. The Labute approximate surface area is 132 Å². The highest BCUT2D eigenvalue weighted by Gasteiger charge is 2.65. The van der Waals surface area contributed by atoms with Crippen LogP contribution in [0.2, 0.25) is 0 Å². The average molecular weight is 310 g/mol. The zero-order valence-electron chi connectivity index (χ0n) is 11.8. The van der Waals surface area contributed by atoms with Gasteiger partial charge in [0.05, 0.1) is 10.3 Å². The summed E-state index contributed by atoms with van der Waals surface area (Å²) in [6.45, 7) is 1.24. The van der Waals surface area contributed by atoms with E-state index in [1.165, 1.54) is 11.3 Å². The van der Waals surface area contributed by atoms with E-state index in [-0.39, 0.29) is 11.3 Å². The number of hydrogen-bond donors (Lipinski definition) is 1. The van der Waals surface area contributed by atoms with Crippen LogP contribution in [0.4, 0.5) is 5.13 Å². The minimum absolute atomic E-state index is 0.00390. The molecule has 22 heavy (non-hydrogen) atoms. The molecule has 2 atom stereocenters. The van der Waals surface area contributed by atoms with Crippen LogP contribution in [0, 0.1) is 22.8 Å². The third-order valence-corrected chi connectivity index (χ3v) is 5.49. The molecule has 1 N–H and O–H groups in total. The first kappa shape index (κ1) is 13.3. The van der Waals surface area contributed by atoms with E-state index in [0.717, 1.165) is 16.9 Å². The summed E-state index contributed by atoms with van der Waals surface area (Å²) in [5.41, 5.74) is 0.730. The lowest BCUT2D eigenvalue weighted by Crippen LogP contribution is -2.30. The summed E-state index contributed by atoms with van der Waals surface area (Å²) in [5, 5.41) is 12.5. The molecule has 2 unspecified atom stereocenters. The zero-order valence-corrected chi connectivity index (χ0v) is 12.6. The molecule has 0 bridgehead atoms. The van der Waals surface area contributed by atoms with Crippen molar-refractivity contribution < 1.29 is 4.79 Å². The number of hydrogen-bond acceptors (Lipinski definition) is 5. The lowest BCUT2D eigenvalue weighted by Gasteiger charge is -2.14. The van der Waals surface area contributed by atoms with Crippen molar-refractivity contribution in [2.45, 2.75) is 6.42 Å². The minimum atomic E-state index is -0.367. The summed E-state index contributed by atoms with van der Waals surface area (Å²) in [7, 11) is 0. The van der Waals surface area contributed by atoms with Gasteiger partial charge in [-0.1, -0.05) is 41.7 Å². The monoisotopic (exact) mass is 310 g/mol. The van der Waals surface area contributed by atoms with Crippen LogP contribution in [0.3, 0.4) is 0 Å². The van der Waals surface area contributed by atoms with Crippen molar-refractivity contribution in [1.29, 1.82) is 5.26 Å². The molecule has 1 saturated heterocycles. The number of carbonyl (C=O) groups excluding carboxylic acids is 1. The van der Waals surface area contributed by atoms with Crippen LogP contribution in [-0.2, 0) is 4.79 Å². The second kappa shape index (κ2) is 4.82. The molecule has 2 fully saturated rings. The molecule has 2 aromatic rings. The van der Waals surface area contributed by atoms with Crippen molar-refractivity contribution in [2.24, 2.45) is 11.3 Å². The first-order chi connectivity index (χ1) is 10.7.